The lowest BCUT2D eigenvalue weighted by Gasteiger charge is -2.44. The standard InChI is InChI=1S/C28H44O3/c1-19-8-11-24(30)17-23(19)10-9-22-7-6-15-27(4)25(12-13-26(22)27)20(2)14-16-28(5,31)21(3)18-29/h9-10,14,16,20-21,24-26,29-31H,1,6-8,11-13,15,17-18H2,2-5H3/b16-14+,22-9+,23-10-/t20-,21?,24+,25-,26+,27-,28-/m1/s1. The Kier molecular flexibility index (Phi) is 7.71. The summed E-state index contributed by atoms with van der Waals surface area (Å²) in [5.74, 6) is 1.46. The van der Waals surface area contributed by atoms with Crippen molar-refractivity contribution in [2.75, 3.05) is 6.61 Å². The van der Waals surface area contributed by atoms with Gasteiger partial charge in [-0.2, -0.15) is 0 Å². The lowest BCUT2D eigenvalue weighted by atomic mass is 9.61. The monoisotopic (exact) mass is 428 g/mol. The summed E-state index contributed by atoms with van der Waals surface area (Å²) in [7, 11) is 0. The van der Waals surface area contributed by atoms with Gasteiger partial charge in [-0.15, -0.1) is 0 Å². The molecule has 0 aromatic carbocycles. The van der Waals surface area contributed by atoms with Crippen molar-refractivity contribution in [2.45, 2.75) is 90.8 Å². The molecule has 3 N–H and O–H groups in total. The highest BCUT2D eigenvalue weighted by atomic mass is 16.3. The van der Waals surface area contributed by atoms with E-state index in [1.165, 1.54) is 43.3 Å². The minimum Gasteiger partial charge on any atom is -0.396 e. The zero-order chi connectivity index (χ0) is 22.8. The van der Waals surface area contributed by atoms with E-state index in [2.05, 4.69) is 38.7 Å². The SMILES string of the molecule is C=C1CC[C@H](O)C/C1=C/C=C1\CCC[C@]2(C)[C@@H]([C@H](C)/C=C/[C@@](C)(O)C(C)CO)CC[C@@H]12. The van der Waals surface area contributed by atoms with Crippen LogP contribution in [0.1, 0.15) is 79.1 Å². The van der Waals surface area contributed by atoms with Gasteiger partial charge in [0.25, 0.3) is 0 Å². The quantitative estimate of drug-likeness (QED) is 0.474. The number of aliphatic hydroxyl groups excluding tert-OH is 2. The Bertz CT molecular complexity index is 743. The molecule has 3 fully saturated rings. The van der Waals surface area contributed by atoms with Crippen LogP contribution in [-0.4, -0.2) is 33.6 Å². The number of rotatable bonds is 6. The molecule has 0 radical (unpaired) electrons. The van der Waals surface area contributed by atoms with Crippen molar-refractivity contribution in [2.24, 2.45) is 29.1 Å². The molecule has 0 aliphatic heterocycles. The van der Waals surface area contributed by atoms with Crippen molar-refractivity contribution in [3.05, 3.63) is 47.6 Å². The van der Waals surface area contributed by atoms with E-state index in [0.29, 0.717) is 23.2 Å². The predicted octanol–water partition coefficient (Wildman–Crippen LogP) is 5.73. The molecule has 3 aliphatic carbocycles. The Hall–Kier alpha value is -1.16. The largest absolute Gasteiger partial charge is 0.396 e. The third kappa shape index (κ3) is 5.26. The lowest BCUT2D eigenvalue weighted by molar-refractivity contribution is 0.0245. The maximum atomic E-state index is 10.7. The van der Waals surface area contributed by atoms with Crippen molar-refractivity contribution in [3.8, 4) is 0 Å². The van der Waals surface area contributed by atoms with Crippen molar-refractivity contribution in [3.63, 3.8) is 0 Å². The topological polar surface area (TPSA) is 60.7 Å². The van der Waals surface area contributed by atoms with Gasteiger partial charge in [0.05, 0.1) is 11.7 Å². The molecule has 31 heavy (non-hydrogen) atoms. The summed E-state index contributed by atoms with van der Waals surface area (Å²) in [4.78, 5) is 0. The highest BCUT2D eigenvalue weighted by Crippen LogP contribution is 2.59. The predicted molar refractivity (Wildman–Crippen MR) is 129 cm³/mol. The zero-order valence-corrected chi connectivity index (χ0v) is 20.1. The fourth-order valence-corrected chi connectivity index (χ4v) is 6.37. The van der Waals surface area contributed by atoms with E-state index in [-0.39, 0.29) is 18.6 Å². The van der Waals surface area contributed by atoms with Gasteiger partial charge in [-0.1, -0.05) is 62.8 Å². The molecule has 0 aromatic heterocycles. The van der Waals surface area contributed by atoms with E-state index in [1.807, 2.05) is 13.0 Å². The molecule has 3 heteroatoms. The van der Waals surface area contributed by atoms with E-state index in [1.54, 1.807) is 12.5 Å². The summed E-state index contributed by atoms with van der Waals surface area (Å²) < 4.78 is 0. The first kappa shape index (κ1) is 24.5. The average molecular weight is 429 g/mol. The first-order valence-electron chi connectivity index (χ1n) is 12.4. The van der Waals surface area contributed by atoms with Crippen molar-refractivity contribution in [1.82, 2.24) is 0 Å². The molecule has 1 unspecified atom stereocenters. The Morgan fingerprint density at radius 1 is 1.19 bits per heavy atom. The molecule has 0 heterocycles. The maximum Gasteiger partial charge on any atom is 0.0847 e. The summed E-state index contributed by atoms with van der Waals surface area (Å²) >= 11 is 0. The molecular formula is C28H44O3. The summed E-state index contributed by atoms with van der Waals surface area (Å²) in [6.45, 7) is 12.7. The minimum absolute atomic E-state index is 0.0119. The molecule has 0 spiro atoms. The average Bonchev–Trinajstić information content (AvgIpc) is 3.09. The number of allylic oxidation sites excluding steroid dienone is 5. The summed E-state index contributed by atoms with van der Waals surface area (Å²) in [6, 6.07) is 0. The van der Waals surface area contributed by atoms with E-state index in [4.69, 9.17) is 0 Å². The molecule has 0 saturated heterocycles. The van der Waals surface area contributed by atoms with E-state index in [0.717, 1.165) is 19.3 Å². The van der Waals surface area contributed by atoms with Gasteiger partial charge in [0.2, 0.25) is 0 Å². The van der Waals surface area contributed by atoms with E-state index >= 15 is 0 Å². The molecule has 3 nitrogen and oxygen atoms in total. The van der Waals surface area contributed by atoms with Gasteiger partial charge in [-0.25, -0.2) is 0 Å². The minimum atomic E-state index is -0.974. The van der Waals surface area contributed by atoms with Gasteiger partial charge in [-0.3, -0.25) is 0 Å². The van der Waals surface area contributed by atoms with Crippen LogP contribution < -0.4 is 0 Å². The van der Waals surface area contributed by atoms with Gasteiger partial charge in [0.15, 0.2) is 0 Å². The Labute approximate surface area is 189 Å². The lowest BCUT2D eigenvalue weighted by Crippen LogP contribution is -2.36. The number of hydrogen-bond acceptors (Lipinski definition) is 3. The van der Waals surface area contributed by atoms with Crippen LogP contribution in [0.5, 0.6) is 0 Å². The highest BCUT2D eigenvalue weighted by molar-refractivity contribution is 5.36. The highest BCUT2D eigenvalue weighted by Gasteiger charge is 2.50. The van der Waals surface area contributed by atoms with E-state index in [9.17, 15) is 15.3 Å². The van der Waals surface area contributed by atoms with Crippen LogP contribution in [0.15, 0.2) is 47.6 Å². The molecule has 0 aromatic rings. The van der Waals surface area contributed by atoms with E-state index < -0.39 is 5.60 Å². The summed E-state index contributed by atoms with van der Waals surface area (Å²) in [5, 5.41) is 30.1. The van der Waals surface area contributed by atoms with Crippen LogP contribution in [0.4, 0.5) is 0 Å². The molecule has 0 amide bonds. The van der Waals surface area contributed by atoms with Gasteiger partial charge in [0.1, 0.15) is 0 Å². The van der Waals surface area contributed by atoms with Crippen LogP contribution in [0, 0.1) is 29.1 Å². The molecule has 174 valence electrons. The van der Waals surface area contributed by atoms with Gasteiger partial charge in [-0.05, 0) is 87.0 Å². The van der Waals surface area contributed by atoms with Crippen molar-refractivity contribution < 1.29 is 15.3 Å². The van der Waals surface area contributed by atoms with Crippen molar-refractivity contribution >= 4 is 0 Å². The number of hydrogen-bond donors (Lipinski definition) is 3. The van der Waals surface area contributed by atoms with Gasteiger partial charge < -0.3 is 15.3 Å². The Balaban J connectivity index is 1.75. The Morgan fingerprint density at radius 2 is 1.94 bits per heavy atom. The smallest absolute Gasteiger partial charge is 0.0847 e. The number of aliphatic hydroxyl groups is 3. The second-order valence-corrected chi connectivity index (χ2v) is 11.1. The molecule has 3 rings (SSSR count). The summed E-state index contributed by atoms with van der Waals surface area (Å²) in [5.41, 5.74) is 3.31. The molecule has 0 bridgehead atoms. The Morgan fingerprint density at radius 3 is 2.65 bits per heavy atom. The first-order valence-corrected chi connectivity index (χ1v) is 12.4. The third-order valence-corrected chi connectivity index (χ3v) is 8.87. The molecule has 3 saturated carbocycles. The second-order valence-electron chi connectivity index (χ2n) is 11.1. The van der Waals surface area contributed by atoms with Crippen LogP contribution in [0.3, 0.4) is 0 Å². The third-order valence-electron chi connectivity index (χ3n) is 8.87. The molecular weight excluding hydrogens is 384 g/mol. The van der Waals surface area contributed by atoms with Gasteiger partial charge >= 0.3 is 0 Å². The molecule has 3 aliphatic rings. The normalized spacial score (nSPS) is 38.4. The fourth-order valence-electron chi connectivity index (χ4n) is 6.37. The van der Waals surface area contributed by atoms with Gasteiger partial charge in [0, 0.05) is 12.5 Å². The van der Waals surface area contributed by atoms with Crippen LogP contribution in [0.25, 0.3) is 0 Å². The summed E-state index contributed by atoms with van der Waals surface area (Å²) in [6.07, 6.45) is 17.1. The van der Waals surface area contributed by atoms with Crippen LogP contribution >= 0.6 is 0 Å². The first-order chi connectivity index (χ1) is 14.6. The van der Waals surface area contributed by atoms with Crippen LogP contribution in [-0.2, 0) is 0 Å². The second kappa shape index (κ2) is 9.77. The van der Waals surface area contributed by atoms with Crippen molar-refractivity contribution in [1.29, 1.82) is 0 Å². The molecule has 7 atom stereocenters. The zero-order valence-electron chi connectivity index (χ0n) is 20.1. The number of fused-ring (bicyclic) bond motifs is 1. The fraction of sp³-hybridized carbons (Fsp3) is 0.714. The van der Waals surface area contributed by atoms with Crippen LogP contribution in [0.2, 0.25) is 0 Å². The maximum absolute atomic E-state index is 10.7.